The molecule has 2 amide bonds. The second-order valence-electron chi connectivity index (χ2n) is 7.37. The number of rotatable bonds is 5. The van der Waals surface area contributed by atoms with Crippen LogP contribution >= 0.6 is 11.6 Å². The number of carbonyl (C=O) groups excluding carboxylic acids is 2. The van der Waals surface area contributed by atoms with E-state index < -0.39 is 5.82 Å². The number of halogens is 2. The lowest BCUT2D eigenvalue weighted by Crippen LogP contribution is -2.50. The highest BCUT2D eigenvalue weighted by Crippen LogP contribution is 2.22. The molecule has 1 aliphatic heterocycles. The first-order valence-electron chi connectivity index (χ1n) is 10.2. The molecule has 168 valence electrons. The molecule has 1 aromatic heterocycles. The van der Waals surface area contributed by atoms with Gasteiger partial charge < -0.3 is 19.0 Å². The number of hydrogen-bond acceptors (Lipinski definition) is 5. The van der Waals surface area contributed by atoms with Gasteiger partial charge in [0.25, 0.3) is 11.8 Å². The highest BCUT2D eigenvalue weighted by molar-refractivity contribution is 6.33. The molecule has 2 heterocycles. The van der Waals surface area contributed by atoms with Gasteiger partial charge >= 0.3 is 0 Å². The summed E-state index contributed by atoms with van der Waals surface area (Å²) in [6.45, 7) is 1.36. The minimum Gasteiger partial charge on any atom is -0.484 e. The van der Waals surface area contributed by atoms with E-state index in [9.17, 15) is 14.0 Å². The van der Waals surface area contributed by atoms with Crippen LogP contribution in [-0.2, 0) is 6.61 Å². The molecule has 0 unspecified atom stereocenters. The number of nitriles is 1. The quantitative estimate of drug-likeness (QED) is 0.563. The molecule has 33 heavy (non-hydrogen) atoms. The van der Waals surface area contributed by atoms with Gasteiger partial charge in [-0.1, -0.05) is 23.7 Å². The fraction of sp³-hybridized carbons (Fsp3) is 0.208. The Morgan fingerprint density at radius 1 is 1.03 bits per heavy atom. The van der Waals surface area contributed by atoms with Crippen LogP contribution in [0.15, 0.2) is 59.0 Å². The molecule has 0 spiro atoms. The molecule has 9 heteroatoms. The molecule has 0 bridgehead atoms. The zero-order valence-corrected chi connectivity index (χ0v) is 18.2. The summed E-state index contributed by atoms with van der Waals surface area (Å²) in [5.41, 5.74) is 0.640. The Bertz CT molecular complexity index is 1230. The van der Waals surface area contributed by atoms with E-state index in [2.05, 4.69) is 6.07 Å². The average Bonchev–Trinajstić information content (AvgIpc) is 3.31. The van der Waals surface area contributed by atoms with Gasteiger partial charge in [-0.05, 0) is 42.5 Å². The Morgan fingerprint density at radius 3 is 2.42 bits per heavy atom. The number of nitrogens with zero attached hydrogens (tertiary/aromatic N) is 3. The van der Waals surface area contributed by atoms with Gasteiger partial charge in [-0.25, -0.2) is 4.39 Å². The molecule has 4 rings (SSSR count). The maximum Gasteiger partial charge on any atom is 0.289 e. The maximum absolute atomic E-state index is 13.2. The summed E-state index contributed by atoms with van der Waals surface area (Å²) in [6.07, 6.45) is 0. The van der Waals surface area contributed by atoms with Crippen molar-refractivity contribution in [2.75, 3.05) is 26.2 Å². The summed E-state index contributed by atoms with van der Waals surface area (Å²) in [7, 11) is 0. The minimum atomic E-state index is -0.510. The summed E-state index contributed by atoms with van der Waals surface area (Å²) in [6, 6.07) is 15.8. The van der Waals surface area contributed by atoms with Gasteiger partial charge in [-0.3, -0.25) is 9.59 Å². The van der Waals surface area contributed by atoms with E-state index in [1.165, 1.54) is 12.1 Å². The minimum absolute atomic E-state index is 0.0567. The third kappa shape index (κ3) is 4.99. The van der Waals surface area contributed by atoms with Crippen LogP contribution in [0.5, 0.6) is 5.75 Å². The summed E-state index contributed by atoms with van der Waals surface area (Å²) in [5, 5.41) is 9.19. The Hall–Kier alpha value is -3.83. The molecule has 7 nitrogen and oxygen atoms in total. The summed E-state index contributed by atoms with van der Waals surface area (Å²) < 4.78 is 24.5. The lowest BCUT2D eigenvalue weighted by atomic mass is 10.1. The van der Waals surface area contributed by atoms with Gasteiger partial charge in [-0.2, -0.15) is 5.26 Å². The van der Waals surface area contributed by atoms with Crippen molar-refractivity contribution in [3.05, 3.63) is 88.1 Å². The third-order valence-electron chi connectivity index (χ3n) is 5.27. The normalized spacial score (nSPS) is 13.5. The number of hydrogen-bond donors (Lipinski definition) is 0. The number of ether oxygens (including phenoxy) is 1. The summed E-state index contributed by atoms with van der Waals surface area (Å²) >= 11 is 6.00. The summed E-state index contributed by atoms with van der Waals surface area (Å²) in [4.78, 5) is 28.7. The molecule has 0 atom stereocenters. The highest BCUT2D eigenvalue weighted by Gasteiger charge is 2.28. The van der Waals surface area contributed by atoms with Crippen molar-refractivity contribution >= 4 is 23.4 Å². The molecule has 0 saturated carbocycles. The van der Waals surface area contributed by atoms with E-state index in [-0.39, 0.29) is 34.8 Å². The predicted molar refractivity (Wildman–Crippen MR) is 117 cm³/mol. The predicted octanol–water partition coefficient (Wildman–Crippen LogP) is 4.12. The number of para-hydroxylation sites is 1. The van der Waals surface area contributed by atoms with Crippen molar-refractivity contribution in [1.29, 1.82) is 5.26 Å². The summed E-state index contributed by atoms with van der Waals surface area (Å²) in [5.74, 6) is -0.0436. The van der Waals surface area contributed by atoms with Gasteiger partial charge in [0.2, 0.25) is 0 Å². The molecule has 3 aromatic rings. The second-order valence-corrected chi connectivity index (χ2v) is 7.78. The first-order valence-corrected chi connectivity index (χ1v) is 10.6. The van der Waals surface area contributed by atoms with Gasteiger partial charge in [0.15, 0.2) is 5.76 Å². The third-order valence-corrected chi connectivity index (χ3v) is 5.58. The molecule has 1 saturated heterocycles. The molecule has 0 radical (unpaired) electrons. The Labute approximate surface area is 194 Å². The molecule has 0 aliphatic carbocycles. The van der Waals surface area contributed by atoms with Crippen LogP contribution < -0.4 is 4.74 Å². The number of amides is 2. The van der Waals surface area contributed by atoms with Crippen molar-refractivity contribution in [3.8, 4) is 11.8 Å². The fourth-order valence-electron chi connectivity index (χ4n) is 3.51. The average molecular weight is 468 g/mol. The van der Waals surface area contributed by atoms with Crippen LogP contribution in [0.4, 0.5) is 4.39 Å². The fourth-order valence-corrected chi connectivity index (χ4v) is 3.75. The highest BCUT2D eigenvalue weighted by atomic mass is 35.5. The van der Waals surface area contributed by atoms with E-state index >= 15 is 0 Å². The SMILES string of the molecule is N#Cc1ccccc1OCc1ccc(C(=O)N2CCN(C(=O)c3ccc(F)cc3Cl)CC2)o1. The van der Waals surface area contributed by atoms with Gasteiger partial charge in [0, 0.05) is 26.2 Å². The molecule has 0 N–H and O–H groups in total. The van der Waals surface area contributed by atoms with E-state index in [0.29, 0.717) is 43.3 Å². The van der Waals surface area contributed by atoms with E-state index in [1.54, 1.807) is 46.2 Å². The van der Waals surface area contributed by atoms with Crippen LogP contribution in [0.2, 0.25) is 5.02 Å². The maximum atomic E-state index is 13.2. The largest absolute Gasteiger partial charge is 0.484 e. The second kappa shape index (κ2) is 9.76. The topological polar surface area (TPSA) is 86.8 Å². The lowest BCUT2D eigenvalue weighted by molar-refractivity contribution is 0.0516. The number of piperazine rings is 1. The lowest BCUT2D eigenvalue weighted by Gasteiger charge is -2.34. The van der Waals surface area contributed by atoms with Crippen molar-refractivity contribution in [2.45, 2.75) is 6.61 Å². The molecule has 1 aliphatic rings. The zero-order valence-electron chi connectivity index (χ0n) is 17.5. The molecular weight excluding hydrogens is 449 g/mol. The molecular formula is C24H19ClFN3O4. The Kier molecular flexibility index (Phi) is 6.61. The van der Waals surface area contributed by atoms with Crippen molar-refractivity contribution in [1.82, 2.24) is 9.80 Å². The van der Waals surface area contributed by atoms with Crippen molar-refractivity contribution in [3.63, 3.8) is 0 Å². The van der Waals surface area contributed by atoms with Crippen LogP contribution in [0.25, 0.3) is 0 Å². The zero-order chi connectivity index (χ0) is 23.4. The first-order chi connectivity index (χ1) is 16.0. The van der Waals surface area contributed by atoms with E-state index in [1.807, 2.05) is 0 Å². The van der Waals surface area contributed by atoms with Crippen molar-refractivity contribution < 1.29 is 23.1 Å². The van der Waals surface area contributed by atoms with Crippen LogP contribution in [-0.4, -0.2) is 47.8 Å². The van der Waals surface area contributed by atoms with Gasteiger partial charge in [0.05, 0.1) is 16.1 Å². The monoisotopic (exact) mass is 467 g/mol. The standard InChI is InChI=1S/C24H19ClFN3O4/c25-20-13-17(26)5-7-19(20)23(30)28-9-11-29(12-10-28)24(31)22-8-6-18(33-22)15-32-21-4-2-1-3-16(21)14-27/h1-8,13H,9-12,15H2. The Balaban J connectivity index is 1.33. The van der Waals surface area contributed by atoms with E-state index in [4.69, 9.17) is 26.0 Å². The van der Waals surface area contributed by atoms with Crippen molar-refractivity contribution in [2.24, 2.45) is 0 Å². The first kappa shape index (κ1) is 22.4. The number of furan rings is 1. The van der Waals surface area contributed by atoms with Crippen LogP contribution in [0.3, 0.4) is 0 Å². The van der Waals surface area contributed by atoms with Crippen LogP contribution in [0.1, 0.15) is 32.2 Å². The van der Waals surface area contributed by atoms with Gasteiger partial charge in [-0.15, -0.1) is 0 Å². The molecule has 2 aromatic carbocycles. The Morgan fingerprint density at radius 2 is 1.73 bits per heavy atom. The van der Waals surface area contributed by atoms with E-state index in [0.717, 1.165) is 6.07 Å². The molecule has 1 fully saturated rings. The smallest absolute Gasteiger partial charge is 0.289 e. The number of carbonyl (C=O) groups is 2. The van der Waals surface area contributed by atoms with Gasteiger partial charge in [0.1, 0.15) is 30.0 Å². The van der Waals surface area contributed by atoms with Crippen LogP contribution in [0, 0.1) is 17.1 Å². The number of benzene rings is 2.